The number of hydrogen-bond acceptors (Lipinski definition) is 6. The van der Waals surface area contributed by atoms with E-state index in [0.717, 1.165) is 57.0 Å². The summed E-state index contributed by atoms with van der Waals surface area (Å²) in [5.41, 5.74) is 0. The second-order valence-corrected chi connectivity index (χ2v) is 7.98. The van der Waals surface area contributed by atoms with Crippen LogP contribution in [0.3, 0.4) is 0 Å². The first-order chi connectivity index (χ1) is 12.6. The Balaban J connectivity index is 1.44. The molecule has 1 saturated carbocycles. The second-order valence-electron chi connectivity index (χ2n) is 7.98. The third kappa shape index (κ3) is 3.63. The fourth-order valence-electron chi connectivity index (χ4n) is 4.33. The van der Waals surface area contributed by atoms with Gasteiger partial charge in [-0.3, -0.25) is 9.69 Å². The lowest BCUT2D eigenvalue weighted by Crippen LogP contribution is -2.55. The lowest BCUT2D eigenvalue weighted by atomic mass is 9.97. The van der Waals surface area contributed by atoms with E-state index in [1.54, 1.807) is 6.33 Å². The molecule has 7 heteroatoms. The number of aromatic nitrogens is 2. The van der Waals surface area contributed by atoms with Crippen molar-refractivity contribution < 1.29 is 4.79 Å². The number of carbonyl (C=O) groups is 1. The van der Waals surface area contributed by atoms with Crippen LogP contribution in [-0.4, -0.2) is 72.6 Å². The molecule has 2 saturated heterocycles. The van der Waals surface area contributed by atoms with Crippen molar-refractivity contribution in [2.75, 3.05) is 43.5 Å². The van der Waals surface area contributed by atoms with E-state index in [1.165, 1.54) is 12.8 Å². The number of nitrogens with zero attached hydrogens (tertiary/aromatic N) is 5. The Labute approximate surface area is 155 Å². The first-order valence-corrected chi connectivity index (χ1v) is 9.93. The number of anilines is 2. The summed E-state index contributed by atoms with van der Waals surface area (Å²) in [6.45, 7) is 2.83. The molecule has 1 amide bonds. The third-order valence-corrected chi connectivity index (χ3v) is 5.89. The van der Waals surface area contributed by atoms with E-state index in [0.29, 0.717) is 12.1 Å². The van der Waals surface area contributed by atoms with Crippen molar-refractivity contribution in [2.24, 2.45) is 0 Å². The number of rotatable bonds is 5. The van der Waals surface area contributed by atoms with E-state index in [9.17, 15) is 4.79 Å². The van der Waals surface area contributed by atoms with Crippen LogP contribution in [0.25, 0.3) is 0 Å². The first-order valence-electron chi connectivity index (χ1n) is 9.93. The van der Waals surface area contributed by atoms with Crippen molar-refractivity contribution in [3.05, 3.63) is 12.4 Å². The largest absolute Gasteiger partial charge is 0.363 e. The van der Waals surface area contributed by atoms with Crippen LogP contribution < -0.4 is 15.1 Å². The zero-order chi connectivity index (χ0) is 18.1. The summed E-state index contributed by atoms with van der Waals surface area (Å²) in [6.07, 6.45) is 8.49. The molecule has 3 heterocycles. The maximum atomic E-state index is 12.2. The van der Waals surface area contributed by atoms with Crippen molar-refractivity contribution in [1.29, 1.82) is 0 Å². The van der Waals surface area contributed by atoms with Crippen LogP contribution in [0, 0.1) is 0 Å². The molecular formula is C19H30N6O. The number of nitrogens with one attached hydrogen (secondary N) is 1. The van der Waals surface area contributed by atoms with Gasteiger partial charge in [0, 0.05) is 51.9 Å². The Morgan fingerprint density at radius 2 is 1.73 bits per heavy atom. The summed E-state index contributed by atoms with van der Waals surface area (Å²) < 4.78 is 0. The Kier molecular flexibility index (Phi) is 4.98. The van der Waals surface area contributed by atoms with Gasteiger partial charge in [-0.2, -0.15) is 0 Å². The van der Waals surface area contributed by atoms with Gasteiger partial charge in [-0.15, -0.1) is 0 Å². The van der Waals surface area contributed by atoms with E-state index < -0.39 is 0 Å². The molecule has 1 unspecified atom stereocenters. The van der Waals surface area contributed by atoms with Crippen LogP contribution in [0.4, 0.5) is 11.6 Å². The van der Waals surface area contributed by atoms with Gasteiger partial charge in [0.15, 0.2) is 0 Å². The number of amides is 1. The number of piperidine rings is 2. The minimum absolute atomic E-state index is 0.0819. The quantitative estimate of drug-likeness (QED) is 0.855. The highest BCUT2D eigenvalue weighted by atomic mass is 16.2. The smallest absolute Gasteiger partial charge is 0.237 e. The maximum Gasteiger partial charge on any atom is 0.237 e. The van der Waals surface area contributed by atoms with Crippen LogP contribution in [-0.2, 0) is 4.79 Å². The Hall–Kier alpha value is -1.89. The summed E-state index contributed by atoms with van der Waals surface area (Å²) in [6, 6.07) is 3.32. The number of likely N-dealkylation sites (tertiary alicyclic amines) is 1. The number of hydrogen-bond donors (Lipinski definition) is 1. The fraction of sp³-hybridized carbons (Fsp3) is 0.737. The molecule has 1 aliphatic carbocycles. The number of carbonyl (C=O) groups excluding carboxylic acids is 1. The predicted octanol–water partition coefficient (Wildman–Crippen LogP) is 1.25. The monoisotopic (exact) mass is 358 g/mol. The molecule has 0 radical (unpaired) electrons. The van der Waals surface area contributed by atoms with Gasteiger partial charge in [0.1, 0.15) is 18.0 Å². The molecule has 3 fully saturated rings. The molecule has 7 nitrogen and oxygen atoms in total. The first kappa shape index (κ1) is 17.5. The van der Waals surface area contributed by atoms with Gasteiger partial charge in [0.25, 0.3) is 0 Å². The minimum atomic E-state index is 0.0819. The van der Waals surface area contributed by atoms with E-state index in [2.05, 4.69) is 31.2 Å². The van der Waals surface area contributed by atoms with Crippen molar-refractivity contribution >= 4 is 17.5 Å². The van der Waals surface area contributed by atoms with Crippen molar-refractivity contribution in [2.45, 2.75) is 56.7 Å². The molecule has 3 aliphatic rings. The molecule has 2 aliphatic heterocycles. The maximum absolute atomic E-state index is 12.2. The summed E-state index contributed by atoms with van der Waals surface area (Å²) in [4.78, 5) is 28.1. The standard InChI is InChI=1S/C19H30N6O/c1-23(2)17-12-18(22-13-21-17)25(14-5-6-14)15-7-10-24(11-8-15)16-4-3-9-20-19(16)26/h12-16H,3-11H2,1-2H3,(H,20,26). The molecule has 0 spiro atoms. The van der Waals surface area contributed by atoms with Crippen molar-refractivity contribution in [3.63, 3.8) is 0 Å². The molecule has 1 atom stereocenters. The summed E-state index contributed by atoms with van der Waals surface area (Å²) in [5, 5.41) is 3.02. The molecular weight excluding hydrogens is 328 g/mol. The summed E-state index contributed by atoms with van der Waals surface area (Å²) in [7, 11) is 4.03. The molecule has 0 bridgehead atoms. The van der Waals surface area contributed by atoms with Gasteiger partial charge in [0.05, 0.1) is 6.04 Å². The average molecular weight is 358 g/mol. The lowest BCUT2D eigenvalue weighted by molar-refractivity contribution is -0.128. The van der Waals surface area contributed by atoms with Crippen LogP contribution in [0.5, 0.6) is 0 Å². The van der Waals surface area contributed by atoms with Gasteiger partial charge in [-0.1, -0.05) is 0 Å². The van der Waals surface area contributed by atoms with Gasteiger partial charge in [0.2, 0.25) is 5.91 Å². The fourth-order valence-corrected chi connectivity index (χ4v) is 4.33. The van der Waals surface area contributed by atoms with Gasteiger partial charge in [-0.05, 0) is 38.5 Å². The normalized spacial score (nSPS) is 25.0. The Morgan fingerprint density at radius 1 is 1.04 bits per heavy atom. The van der Waals surface area contributed by atoms with Crippen molar-refractivity contribution in [1.82, 2.24) is 20.2 Å². The summed E-state index contributed by atoms with van der Waals surface area (Å²) in [5.74, 6) is 2.23. The second kappa shape index (κ2) is 7.39. The van der Waals surface area contributed by atoms with E-state index in [1.807, 2.05) is 19.0 Å². The average Bonchev–Trinajstić information content (AvgIpc) is 3.48. The lowest BCUT2D eigenvalue weighted by Gasteiger charge is -2.42. The van der Waals surface area contributed by atoms with Crippen LogP contribution in [0.2, 0.25) is 0 Å². The van der Waals surface area contributed by atoms with Gasteiger partial charge >= 0.3 is 0 Å². The molecule has 1 aromatic heterocycles. The zero-order valence-electron chi connectivity index (χ0n) is 15.9. The van der Waals surface area contributed by atoms with E-state index in [4.69, 9.17) is 0 Å². The third-order valence-electron chi connectivity index (χ3n) is 5.89. The molecule has 1 N–H and O–H groups in total. The molecule has 0 aromatic carbocycles. The molecule has 4 rings (SSSR count). The van der Waals surface area contributed by atoms with E-state index in [-0.39, 0.29) is 11.9 Å². The van der Waals surface area contributed by atoms with Gasteiger partial charge in [-0.25, -0.2) is 9.97 Å². The van der Waals surface area contributed by atoms with Crippen LogP contribution in [0.1, 0.15) is 38.5 Å². The van der Waals surface area contributed by atoms with Gasteiger partial charge < -0.3 is 15.1 Å². The highest BCUT2D eigenvalue weighted by Crippen LogP contribution is 2.36. The highest BCUT2D eigenvalue weighted by molar-refractivity contribution is 5.82. The Bertz CT molecular complexity index is 639. The van der Waals surface area contributed by atoms with E-state index >= 15 is 0 Å². The summed E-state index contributed by atoms with van der Waals surface area (Å²) >= 11 is 0. The Morgan fingerprint density at radius 3 is 2.38 bits per heavy atom. The van der Waals surface area contributed by atoms with Crippen molar-refractivity contribution in [3.8, 4) is 0 Å². The molecule has 142 valence electrons. The zero-order valence-corrected chi connectivity index (χ0v) is 15.9. The minimum Gasteiger partial charge on any atom is -0.363 e. The SMILES string of the molecule is CN(C)c1cc(N(C2CC2)C2CCN(C3CCCNC3=O)CC2)ncn1. The highest BCUT2D eigenvalue weighted by Gasteiger charge is 2.38. The van der Waals surface area contributed by atoms with Crippen LogP contribution in [0.15, 0.2) is 12.4 Å². The topological polar surface area (TPSA) is 64.6 Å². The van der Waals surface area contributed by atoms with Crippen LogP contribution >= 0.6 is 0 Å². The predicted molar refractivity (Wildman–Crippen MR) is 102 cm³/mol. The molecule has 26 heavy (non-hydrogen) atoms. The molecule has 1 aromatic rings.